The normalized spacial score (nSPS) is 21.8. The fraction of sp³-hybridized carbons (Fsp3) is 0.533. The van der Waals surface area contributed by atoms with E-state index < -0.39 is 10.0 Å². The zero-order valence-corrected chi connectivity index (χ0v) is 13.4. The SMILES string of the molecule is CN(C(=O)c1cccc(S(=O)(=O)NC2CC2)c1)C1CCNC1. The minimum atomic E-state index is -3.53. The molecule has 0 bridgehead atoms. The first-order chi connectivity index (χ1) is 10.5. The molecule has 7 heteroatoms. The summed E-state index contributed by atoms with van der Waals surface area (Å²) in [5.74, 6) is -0.142. The van der Waals surface area contributed by atoms with Crippen molar-refractivity contribution in [3.05, 3.63) is 29.8 Å². The summed E-state index contributed by atoms with van der Waals surface area (Å²) in [6.07, 6.45) is 2.69. The quantitative estimate of drug-likeness (QED) is 0.830. The van der Waals surface area contributed by atoms with Crippen LogP contribution in [0.5, 0.6) is 0 Å². The molecule has 1 saturated heterocycles. The molecule has 1 aromatic rings. The van der Waals surface area contributed by atoms with E-state index in [2.05, 4.69) is 10.0 Å². The highest BCUT2D eigenvalue weighted by Crippen LogP contribution is 2.23. The third-order valence-corrected chi connectivity index (χ3v) is 5.71. The minimum Gasteiger partial charge on any atom is -0.337 e. The van der Waals surface area contributed by atoms with Crippen molar-refractivity contribution in [2.24, 2.45) is 0 Å². The Labute approximate surface area is 130 Å². The number of likely N-dealkylation sites (N-methyl/N-ethyl adjacent to an activating group) is 1. The Bertz CT molecular complexity index is 664. The lowest BCUT2D eigenvalue weighted by atomic mass is 10.1. The lowest BCUT2D eigenvalue weighted by Gasteiger charge is -2.24. The van der Waals surface area contributed by atoms with Gasteiger partial charge in [-0.1, -0.05) is 6.07 Å². The van der Waals surface area contributed by atoms with Gasteiger partial charge in [0, 0.05) is 31.2 Å². The van der Waals surface area contributed by atoms with Crippen molar-refractivity contribution in [1.82, 2.24) is 14.9 Å². The predicted molar refractivity (Wildman–Crippen MR) is 83.2 cm³/mol. The van der Waals surface area contributed by atoms with Gasteiger partial charge in [0.15, 0.2) is 0 Å². The van der Waals surface area contributed by atoms with Gasteiger partial charge in [0.25, 0.3) is 5.91 Å². The van der Waals surface area contributed by atoms with Crippen LogP contribution in [0.25, 0.3) is 0 Å². The van der Waals surface area contributed by atoms with Crippen LogP contribution in [-0.4, -0.2) is 51.4 Å². The van der Waals surface area contributed by atoms with Crippen LogP contribution in [0.4, 0.5) is 0 Å². The second kappa shape index (κ2) is 5.98. The highest BCUT2D eigenvalue weighted by molar-refractivity contribution is 7.89. The molecule has 2 N–H and O–H groups in total. The summed E-state index contributed by atoms with van der Waals surface area (Å²) in [5.41, 5.74) is 0.410. The number of hydrogen-bond acceptors (Lipinski definition) is 4. The maximum atomic E-state index is 12.5. The van der Waals surface area contributed by atoms with Gasteiger partial charge >= 0.3 is 0 Å². The molecule has 1 aliphatic carbocycles. The molecule has 2 aliphatic rings. The van der Waals surface area contributed by atoms with E-state index in [0.717, 1.165) is 32.4 Å². The molecule has 0 spiro atoms. The molecular weight excluding hydrogens is 302 g/mol. The van der Waals surface area contributed by atoms with Crippen LogP contribution in [0, 0.1) is 0 Å². The van der Waals surface area contributed by atoms with Crippen LogP contribution < -0.4 is 10.0 Å². The summed E-state index contributed by atoms with van der Waals surface area (Å²) in [4.78, 5) is 14.4. The number of carbonyl (C=O) groups excluding carboxylic acids is 1. The zero-order chi connectivity index (χ0) is 15.7. The molecule has 1 amide bonds. The Morgan fingerprint density at radius 1 is 1.32 bits per heavy atom. The average Bonchev–Trinajstić information content (AvgIpc) is 3.14. The molecular formula is C15H21N3O3S. The Balaban J connectivity index is 1.79. The number of amides is 1. The molecule has 3 rings (SSSR count). The number of nitrogens with zero attached hydrogens (tertiary/aromatic N) is 1. The Morgan fingerprint density at radius 2 is 2.09 bits per heavy atom. The fourth-order valence-electron chi connectivity index (χ4n) is 2.62. The van der Waals surface area contributed by atoms with Crippen molar-refractivity contribution in [2.75, 3.05) is 20.1 Å². The molecule has 1 aromatic carbocycles. The molecule has 1 aliphatic heterocycles. The highest BCUT2D eigenvalue weighted by atomic mass is 32.2. The summed E-state index contributed by atoms with van der Waals surface area (Å²) in [6.45, 7) is 1.69. The van der Waals surface area contributed by atoms with Gasteiger partial charge in [0.05, 0.1) is 4.90 Å². The third-order valence-electron chi connectivity index (χ3n) is 4.19. The Kier molecular flexibility index (Phi) is 4.20. The lowest BCUT2D eigenvalue weighted by Crippen LogP contribution is -2.38. The molecule has 6 nitrogen and oxygen atoms in total. The number of sulfonamides is 1. The topological polar surface area (TPSA) is 78.5 Å². The number of carbonyl (C=O) groups is 1. The van der Waals surface area contributed by atoms with E-state index in [-0.39, 0.29) is 22.9 Å². The van der Waals surface area contributed by atoms with Crippen molar-refractivity contribution >= 4 is 15.9 Å². The molecule has 2 fully saturated rings. The van der Waals surface area contributed by atoms with Crippen LogP contribution >= 0.6 is 0 Å². The van der Waals surface area contributed by atoms with Crippen LogP contribution in [0.15, 0.2) is 29.2 Å². The summed E-state index contributed by atoms with van der Waals surface area (Å²) >= 11 is 0. The van der Waals surface area contributed by atoms with E-state index in [1.807, 2.05) is 0 Å². The first-order valence-electron chi connectivity index (χ1n) is 7.57. The van der Waals surface area contributed by atoms with E-state index in [4.69, 9.17) is 0 Å². The van der Waals surface area contributed by atoms with E-state index in [1.165, 1.54) is 12.1 Å². The summed E-state index contributed by atoms with van der Waals surface area (Å²) < 4.78 is 27.1. The van der Waals surface area contributed by atoms with Crippen LogP contribution in [0.2, 0.25) is 0 Å². The lowest BCUT2D eigenvalue weighted by molar-refractivity contribution is 0.0743. The minimum absolute atomic E-state index is 0.0524. The van der Waals surface area contributed by atoms with Gasteiger partial charge in [-0.25, -0.2) is 13.1 Å². The molecule has 22 heavy (non-hydrogen) atoms. The molecule has 1 atom stereocenters. The van der Waals surface area contributed by atoms with Crippen LogP contribution in [-0.2, 0) is 10.0 Å². The Hall–Kier alpha value is -1.44. The smallest absolute Gasteiger partial charge is 0.253 e. The molecule has 0 aromatic heterocycles. The van der Waals surface area contributed by atoms with Crippen molar-refractivity contribution in [3.8, 4) is 0 Å². The van der Waals surface area contributed by atoms with Gasteiger partial charge in [-0.2, -0.15) is 0 Å². The van der Waals surface area contributed by atoms with Gasteiger partial charge in [0.1, 0.15) is 0 Å². The van der Waals surface area contributed by atoms with E-state index >= 15 is 0 Å². The van der Waals surface area contributed by atoms with Gasteiger partial charge < -0.3 is 10.2 Å². The summed E-state index contributed by atoms with van der Waals surface area (Å²) in [5, 5.41) is 3.22. The first-order valence-corrected chi connectivity index (χ1v) is 9.06. The zero-order valence-electron chi connectivity index (χ0n) is 12.6. The molecule has 1 heterocycles. The standard InChI is InChI=1S/C15H21N3O3S/c1-18(13-7-8-16-10-13)15(19)11-3-2-4-14(9-11)22(20,21)17-12-5-6-12/h2-4,9,12-13,16-17H,5-8,10H2,1H3. The maximum Gasteiger partial charge on any atom is 0.253 e. The van der Waals surface area contributed by atoms with Gasteiger partial charge in [0.2, 0.25) is 10.0 Å². The monoisotopic (exact) mass is 323 g/mol. The maximum absolute atomic E-state index is 12.5. The fourth-order valence-corrected chi connectivity index (χ4v) is 3.97. The van der Waals surface area contributed by atoms with E-state index in [1.54, 1.807) is 24.1 Å². The van der Waals surface area contributed by atoms with E-state index in [0.29, 0.717) is 5.56 Å². The number of hydrogen-bond donors (Lipinski definition) is 2. The molecule has 120 valence electrons. The van der Waals surface area contributed by atoms with Gasteiger partial charge in [-0.3, -0.25) is 4.79 Å². The van der Waals surface area contributed by atoms with Gasteiger partial charge in [-0.15, -0.1) is 0 Å². The van der Waals surface area contributed by atoms with Crippen molar-refractivity contribution in [1.29, 1.82) is 0 Å². The first kappa shape index (κ1) is 15.5. The number of benzene rings is 1. The van der Waals surface area contributed by atoms with Crippen molar-refractivity contribution in [3.63, 3.8) is 0 Å². The second-order valence-electron chi connectivity index (χ2n) is 5.99. The number of rotatable bonds is 5. The average molecular weight is 323 g/mol. The summed E-state index contributed by atoms with van der Waals surface area (Å²) in [6, 6.07) is 6.49. The highest BCUT2D eigenvalue weighted by Gasteiger charge is 2.29. The Morgan fingerprint density at radius 3 is 2.73 bits per heavy atom. The van der Waals surface area contributed by atoms with Crippen LogP contribution in [0.3, 0.4) is 0 Å². The number of nitrogens with one attached hydrogen (secondary N) is 2. The third kappa shape index (κ3) is 3.31. The van der Waals surface area contributed by atoms with Gasteiger partial charge in [-0.05, 0) is 44.0 Å². The molecule has 1 saturated carbocycles. The van der Waals surface area contributed by atoms with E-state index in [9.17, 15) is 13.2 Å². The van der Waals surface area contributed by atoms with Crippen molar-refractivity contribution < 1.29 is 13.2 Å². The predicted octanol–water partition coefficient (Wildman–Crippen LogP) is 0.561. The van der Waals surface area contributed by atoms with Crippen molar-refractivity contribution in [2.45, 2.75) is 36.2 Å². The van der Waals surface area contributed by atoms with Crippen LogP contribution in [0.1, 0.15) is 29.6 Å². The second-order valence-corrected chi connectivity index (χ2v) is 7.70. The largest absolute Gasteiger partial charge is 0.337 e. The molecule has 1 unspecified atom stereocenters. The molecule has 0 radical (unpaired) electrons. The summed E-state index contributed by atoms with van der Waals surface area (Å²) in [7, 11) is -1.76.